The first-order valence-electron chi connectivity index (χ1n) is 4.43. The van der Waals surface area contributed by atoms with E-state index in [1.165, 1.54) is 5.01 Å². The van der Waals surface area contributed by atoms with E-state index in [4.69, 9.17) is 5.26 Å². The van der Waals surface area contributed by atoms with E-state index in [2.05, 4.69) is 11.2 Å². The van der Waals surface area contributed by atoms with Crippen LogP contribution in [0.3, 0.4) is 0 Å². The van der Waals surface area contributed by atoms with E-state index in [0.717, 1.165) is 12.1 Å². The van der Waals surface area contributed by atoms with Crippen molar-refractivity contribution in [2.75, 3.05) is 6.54 Å². The zero-order valence-electron chi connectivity index (χ0n) is 7.95. The Balaban J connectivity index is 2.57. The highest BCUT2D eigenvalue weighted by Crippen LogP contribution is 2.12. The van der Waals surface area contributed by atoms with Crippen molar-refractivity contribution in [3.63, 3.8) is 0 Å². The summed E-state index contributed by atoms with van der Waals surface area (Å²) in [4.78, 5) is 11.3. The van der Waals surface area contributed by atoms with Gasteiger partial charge in [0, 0.05) is 5.71 Å². The van der Waals surface area contributed by atoms with Crippen molar-refractivity contribution >= 4 is 11.6 Å². The molecular weight excluding hydrogens is 166 g/mol. The van der Waals surface area contributed by atoms with Gasteiger partial charge in [0.05, 0.1) is 25.0 Å². The molecule has 0 saturated heterocycles. The molecule has 1 unspecified atom stereocenters. The minimum absolute atomic E-state index is 0.0129. The van der Waals surface area contributed by atoms with Crippen LogP contribution in [0.4, 0.5) is 0 Å². The zero-order chi connectivity index (χ0) is 9.84. The Kier molecular flexibility index (Phi) is 3.02. The average Bonchev–Trinajstić information content (AvgIpc) is 2.47. The van der Waals surface area contributed by atoms with Crippen molar-refractivity contribution in [3.05, 3.63) is 0 Å². The first kappa shape index (κ1) is 9.72. The summed E-state index contributed by atoms with van der Waals surface area (Å²) in [5, 5.41) is 14.1. The lowest BCUT2D eigenvalue weighted by atomic mass is 10.2. The molecule has 0 aromatic rings. The van der Waals surface area contributed by atoms with Gasteiger partial charge in [-0.3, -0.25) is 4.79 Å². The third-order valence-electron chi connectivity index (χ3n) is 1.98. The number of carbonyl (C=O) groups is 1. The molecule has 0 saturated carbocycles. The summed E-state index contributed by atoms with van der Waals surface area (Å²) in [7, 11) is 0. The Hall–Kier alpha value is -1.37. The number of rotatable bonds is 3. The molecule has 13 heavy (non-hydrogen) atoms. The second-order valence-electron chi connectivity index (χ2n) is 3.20. The second-order valence-corrected chi connectivity index (χ2v) is 3.20. The molecule has 0 N–H and O–H groups in total. The van der Waals surface area contributed by atoms with E-state index < -0.39 is 0 Å². The fourth-order valence-electron chi connectivity index (χ4n) is 1.17. The molecule has 70 valence electrons. The smallest absolute Gasteiger partial charge is 0.248 e. The van der Waals surface area contributed by atoms with Crippen LogP contribution in [0.5, 0.6) is 0 Å². The van der Waals surface area contributed by atoms with Crippen molar-refractivity contribution in [1.29, 1.82) is 5.26 Å². The fourth-order valence-corrected chi connectivity index (χ4v) is 1.17. The standard InChI is InChI=1S/C9H13N3O/c1-3-8-4-9(13)12(11-8)6-7(2)5-10/h7H,3-4,6H2,1-2H3. The molecule has 0 radical (unpaired) electrons. The van der Waals surface area contributed by atoms with Crippen LogP contribution in [0.25, 0.3) is 0 Å². The molecule has 0 aromatic carbocycles. The predicted molar refractivity (Wildman–Crippen MR) is 48.8 cm³/mol. The van der Waals surface area contributed by atoms with Gasteiger partial charge in [0.15, 0.2) is 0 Å². The largest absolute Gasteiger partial charge is 0.273 e. The van der Waals surface area contributed by atoms with E-state index in [9.17, 15) is 4.79 Å². The number of hydrogen-bond donors (Lipinski definition) is 0. The van der Waals surface area contributed by atoms with Crippen molar-refractivity contribution in [2.45, 2.75) is 26.7 Å². The van der Waals surface area contributed by atoms with Gasteiger partial charge in [0.2, 0.25) is 5.91 Å². The molecule has 1 heterocycles. The number of nitrogens with zero attached hydrogens (tertiary/aromatic N) is 3. The molecule has 4 heteroatoms. The van der Waals surface area contributed by atoms with Crippen LogP contribution >= 0.6 is 0 Å². The number of hydrazone groups is 1. The van der Waals surface area contributed by atoms with E-state index in [1.54, 1.807) is 6.92 Å². The first-order chi connectivity index (χ1) is 6.17. The van der Waals surface area contributed by atoms with Gasteiger partial charge in [0.1, 0.15) is 0 Å². The quantitative estimate of drug-likeness (QED) is 0.652. The summed E-state index contributed by atoms with van der Waals surface area (Å²) in [6.45, 7) is 4.18. The maximum Gasteiger partial charge on any atom is 0.248 e. The third-order valence-corrected chi connectivity index (χ3v) is 1.98. The third kappa shape index (κ3) is 2.28. The molecule has 0 aromatic heterocycles. The molecule has 0 bridgehead atoms. The lowest BCUT2D eigenvalue weighted by Crippen LogP contribution is -2.25. The van der Waals surface area contributed by atoms with Gasteiger partial charge < -0.3 is 0 Å². The van der Waals surface area contributed by atoms with Gasteiger partial charge >= 0.3 is 0 Å². The van der Waals surface area contributed by atoms with Gasteiger partial charge in [-0.1, -0.05) is 6.92 Å². The summed E-state index contributed by atoms with van der Waals surface area (Å²) in [6.07, 6.45) is 1.23. The minimum Gasteiger partial charge on any atom is -0.273 e. The van der Waals surface area contributed by atoms with E-state index in [-0.39, 0.29) is 11.8 Å². The van der Waals surface area contributed by atoms with Crippen molar-refractivity contribution in [3.8, 4) is 6.07 Å². The normalized spacial score (nSPS) is 18.4. The highest BCUT2D eigenvalue weighted by molar-refractivity contribution is 6.04. The minimum atomic E-state index is -0.149. The lowest BCUT2D eigenvalue weighted by Gasteiger charge is -2.11. The first-order valence-corrected chi connectivity index (χ1v) is 4.43. The monoisotopic (exact) mass is 179 g/mol. The Morgan fingerprint density at radius 3 is 2.92 bits per heavy atom. The molecule has 1 atom stereocenters. The van der Waals surface area contributed by atoms with Crippen molar-refractivity contribution < 1.29 is 4.79 Å². The molecular formula is C9H13N3O. The van der Waals surface area contributed by atoms with Crippen LogP contribution in [-0.4, -0.2) is 23.2 Å². The van der Waals surface area contributed by atoms with Crippen LogP contribution in [0.1, 0.15) is 26.7 Å². The number of amides is 1. The Morgan fingerprint density at radius 2 is 2.46 bits per heavy atom. The molecule has 1 aliphatic rings. The average molecular weight is 179 g/mol. The molecule has 1 amide bonds. The maximum atomic E-state index is 11.3. The van der Waals surface area contributed by atoms with Gasteiger partial charge in [-0.2, -0.15) is 10.4 Å². The molecule has 0 aliphatic carbocycles. The number of carbonyl (C=O) groups excluding carboxylic acids is 1. The predicted octanol–water partition coefficient (Wildman–Crippen LogP) is 1.14. The lowest BCUT2D eigenvalue weighted by molar-refractivity contribution is -0.128. The topological polar surface area (TPSA) is 56.5 Å². The highest BCUT2D eigenvalue weighted by Gasteiger charge is 2.23. The molecule has 0 fully saturated rings. The van der Waals surface area contributed by atoms with Crippen molar-refractivity contribution in [1.82, 2.24) is 5.01 Å². The van der Waals surface area contributed by atoms with Crippen LogP contribution in [0.15, 0.2) is 5.10 Å². The Bertz CT molecular complexity index is 277. The van der Waals surface area contributed by atoms with Gasteiger partial charge in [0.25, 0.3) is 0 Å². The Labute approximate surface area is 77.8 Å². The summed E-state index contributed by atoms with van der Waals surface area (Å²) < 4.78 is 0. The van der Waals surface area contributed by atoms with Crippen LogP contribution < -0.4 is 0 Å². The van der Waals surface area contributed by atoms with Gasteiger partial charge in [-0.15, -0.1) is 0 Å². The summed E-state index contributed by atoms with van der Waals surface area (Å²) in [5.41, 5.74) is 0.912. The summed E-state index contributed by atoms with van der Waals surface area (Å²) >= 11 is 0. The summed E-state index contributed by atoms with van der Waals surface area (Å²) in [5.74, 6) is -0.136. The summed E-state index contributed by atoms with van der Waals surface area (Å²) in [6, 6.07) is 2.08. The zero-order valence-corrected chi connectivity index (χ0v) is 7.95. The molecule has 0 spiro atoms. The van der Waals surface area contributed by atoms with Crippen molar-refractivity contribution in [2.24, 2.45) is 11.0 Å². The molecule has 1 aliphatic heterocycles. The van der Waals surface area contributed by atoms with Gasteiger partial charge in [-0.05, 0) is 13.3 Å². The SMILES string of the molecule is CCC1=NN(CC(C)C#N)C(=O)C1. The molecule has 1 rings (SSSR count). The van der Waals surface area contributed by atoms with Crippen LogP contribution in [-0.2, 0) is 4.79 Å². The fraction of sp³-hybridized carbons (Fsp3) is 0.667. The highest BCUT2D eigenvalue weighted by atomic mass is 16.2. The molecule has 4 nitrogen and oxygen atoms in total. The van der Waals surface area contributed by atoms with Gasteiger partial charge in [-0.25, -0.2) is 5.01 Å². The second kappa shape index (κ2) is 4.04. The van der Waals surface area contributed by atoms with E-state index >= 15 is 0 Å². The number of nitriles is 1. The number of hydrogen-bond acceptors (Lipinski definition) is 3. The van der Waals surface area contributed by atoms with Crippen LogP contribution in [0, 0.1) is 17.2 Å². The maximum absolute atomic E-state index is 11.3. The van der Waals surface area contributed by atoms with E-state index in [1.807, 2.05) is 6.92 Å². The van der Waals surface area contributed by atoms with Crippen LogP contribution in [0.2, 0.25) is 0 Å². The van der Waals surface area contributed by atoms with E-state index in [0.29, 0.717) is 13.0 Å². The Morgan fingerprint density at radius 1 is 1.77 bits per heavy atom.